The number of thiophene rings is 1. The molecule has 0 fully saturated rings. The number of rotatable bonds is 5. The van der Waals surface area contributed by atoms with Crippen molar-refractivity contribution in [1.82, 2.24) is 5.32 Å². The summed E-state index contributed by atoms with van der Waals surface area (Å²) in [6.07, 6.45) is 4.03. The molecule has 1 heterocycles. The molecule has 3 heteroatoms. The Labute approximate surface area is 131 Å². The molecule has 1 aromatic carbocycles. The Bertz CT molecular complexity index is 573. The summed E-state index contributed by atoms with van der Waals surface area (Å²) in [4.78, 5) is 1.57. The maximum Gasteiger partial charge on any atom is 0.119 e. The van der Waals surface area contributed by atoms with Crippen molar-refractivity contribution in [2.24, 2.45) is 0 Å². The second-order valence-corrected chi connectivity index (χ2v) is 6.94. The fourth-order valence-electron chi connectivity index (χ4n) is 2.90. The molecule has 0 saturated carbocycles. The van der Waals surface area contributed by atoms with Crippen LogP contribution in [0.5, 0.6) is 5.75 Å². The molecule has 0 bridgehead atoms. The normalized spacial score (nSPS) is 17.8. The van der Waals surface area contributed by atoms with E-state index in [1.807, 2.05) is 11.3 Å². The number of aryl methyl sites for hydroxylation is 1. The van der Waals surface area contributed by atoms with Crippen LogP contribution in [0.2, 0.25) is 0 Å². The van der Waals surface area contributed by atoms with E-state index in [2.05, 4.69) is 54.9 Å². The Kier molecular flexibility index (Phi) is 4.61. The molecule has 0 saturated heterocycles. The topological polar surface area (TPSA) is 21.3 Å². The second kappa shape index (κ2) is 6.63. The van der Waals surface area contributed by atoms with E-state index in [1.54, 1.807) is 4.88 Å². The minimum absolute atomic E-state index is 0.230. The van der Waals surface area contributed by atoms with Crippen molar-refractivity contribution in [2.75, 3.05) is 0 Å². The van der Waals surface area contributed by atoms with E-state index in [4.69, 9.17) is 4.74 Å². The lowest BCUT2D eigenvalue weighted by Gasteiger charge is -2.24. The van der Waals surface area contributed by atoms with Crippen LogP contribution in [0.15, 0.2) is 35.7 Å². The summed E-state index contributed by atoms with van der Waals surface area (Å²) < 4.78 is 5.68. The third-order valence-corrected chi connectivity index (χ3v) is 4.90. The Morgan fingerprint density at radius 1 is 1.24 bits per heavy atom. The highest BCUT2D eigenvalue weighted by atomic mass is 32.1. The molecule has 1 unspecified atom stereocenters. The Morgan fingerprint density at radius 2 is 2.05 bits per heavy atom. The maximum absolute atomic E-state index is 5.68. The zero-order valence-corrected chi connectivity index (χ0v) is 13.6. The summed E-state index contributed by atoms with van der Waals surface area (Å²) in [5, 5.41) is 5.93. The lowest BCUT2D eigenvalue weighted by atomic mass is 9.94. The van der Waals surface area contributed by atoms with Gasteiger partial charge in [-0.15, -0.1) is 11.3 Å². The molecule has 1 aliphatic carbocycles. The molecule has 2 nitrogen and oxygen atoms in total. The summed E-state index contributed by atoms with van der Waals surface area (Å²) in [7, 11) is 0. The fraction of sp³-hybridized carbons (Fsp3) is 0.444. The van der Waals surface area contributed by atoms with E-state index < -0.39 is 0 Å². The van der Waals surface area contributed by atoms with Crippen LogP contribution in [0, 0.1) is 0 Å². The average molecular weight is 301 g/mol. The van der Waals surface area contributed by atoms with Gasteiger partial charge in [0.05, 0.1) is 6.10 Å². The summed E-state index contributed by atoms with van der Waals surface area (Å²) in [5.74, 6) is 0.950. The van der Waals surface area contributed by atoms with E-state index >= 15 is 0 Å². The van der Waals surface area contributed by atoms with Gasteiger partial charge in [0.1, 0.15) is 5.75 Å². The highest BCUT2D eigenvalue weighted by Gasteiger charge is 2.20. The Morgan fingerprint density at radius 3 is 2.81 bits per heavy atom. The molecule has 3 rings (SSSR count). The quantitative estimate of drug-likeness (QED) is 0.864. The van der Waals surface area contributed by atoms with Gasteiger partial charge in [-0.1, -0.05) is 12.1 Å². The van der Waals surface area contributed by atoms with Crippen molar-refractivity contribution in [1.29, 1.82) is 0 Å². The van der Waals surface area contributed by atoms with E-state index in [9.17, 15) is 0 Å². The van der Waals surface area contributed by atoms with Crippen LogP contribution >= 0.6 is 11.3 Å². The first-order chi connectivity index (χ1) is 10.2. The lowest BCUT2D eigenvalue weighted by molar-refractivity contribution is 0.242. The number of nitrogens with one attached hydrogen (secondary N) is 1. The molecule has 0 radical (unpaired) electrons. The van der Waals surface area contributed by atoms with Gasteiger partial charge in [0.25, 0.3) is 0 Å². The number of fused-ring (bicyclic) bond motifs is 1. The summed E-state index contributed by atoms with van der Waals surface area (Å²) in [6.45, 7) is 5.02. The largest absolute Gasteiger partial charge is 0.491 e. The minimum Gasteiger partial charge on any atom is -0.491 e. The second-order valence-electron chi connectivity index (χ2n) is 5.94. The summed E-state index contributed by atoms with van der Waals surface area (Å²) >= 11 is 1.90. The zero-order chi connectivity index (χ0) is 14.7. The maximum atomic E-state index is 5.68. The monoisotopic (exact) mass is 301 g/mol. The van der Waals surface area contributed by atoms with Gasteiger partial charge >= 0.3 is 0 Å². The van der Waals surface area contributed by atoms with Gasteiger partial charge in [-0.3, -0.25) is 0 Å². The molecule has 0 spiro atoms. The van der Waals surface area contributed by atoms with Crippen molar-refractivity contribution in [3.05, 3.63) is 51.7 Å². The van der Waals surface area contributed by atoms with Crippen LogP contribution in [0.4, 0.5) is 0 Å². The van der Waals surface area contributed by atoms with Crippen LogP contribution in [-0.4, -0.2) is 6.10 Å². The molecule has 1 atom stereocenters. The van der Waals surface area contributed by atoms with Crippen LogP contribution < -0.4 is 10.1 Å². The van der Waals surface area contributed by atoms with Crippen LogP contribution in [0.3, 0.4) is 0 Å². The zero-order valence-electron chi connectivity index (χ0n) is 12.8. The highest BCUT2D eigenvalue weighted by Crippen LogP contribution is 2.33. The van der Waals surface area contributed by atoms with Crippen molar-refractivity contribution in [2.45, 2.75) is 51.8 Å². The average Bonchev–Trinajstić information content (AvgIpc) is 2.95. The van der Waals surface area contributed by atoms with Gasteiger partial charge in [0.2, 0.25) is 0 Å². The Hall–Kier alpha value is -1.32. The molecule has 1 N–H and O–H groups in total. The van der Waals surface area contributed by atoms with Gasteiger partial charge in [-0.05, 0) is 67.8 Å². The third-order valence-electron chi connectivity index (χ3n) is 3.90. The first-order valence-electron chi connectivity index (χ1n) is 7.77. The highest BCUT2D eigenvalue weighted by molar-refractivity contribution is 7.10. The smallest absolute Gasteiger partial charge is 0.119 e. The molecule has 112 valence electrons. The predicted octanol–water partition coefficient (Wildman–Crippen LogP) is 4.70. The molecular formula is C18H23NOS. The van der Waals surface area contributed by atoms with Gasteiger partial charge in [0, 0.05) is 17.5 Å². The lowest BCUT2D eigenvalue weighted by Crippen LogP contribution is -2.23. The van der Waals surface area contributed by atoms with Gasteiger partial charge in [0.15, 0.2) is 0 Å². The number of hydrogen-bond donors (Lipinski definition) is 1. The van der Waals surface area contributed by atoms with E-state index in [0.29, 0.717) is 6.04 Å². The van der Waals surface area contributed by atoms with Gasteiger partial charge in [-0.2, -0.15) is 0 Å². The van der Waals surface area contributed by atoms with Crippen molar-refractivity contribution in [3.63, 3.8) is 0 Å². The number of benzene rings is 1. The van der Waals surface area contributed by atoms with Crippen molar-refractivity contribution < 1.29 is 4.74 Å². The van der Waals surface area contributed by atoms with Gasteiger partial charge in [-0.25, -0.2) is 0 Å². The predicted molar refractivity (Wildman–Crippen MR) is 89.0 cm³/mol. The van der Waals surface area contributed by atoms with Crippen molar-refractivity contribution >= 4 is 11.3 Å². The summed E-state index contributed by atoms with van der Waals surface area (Å²) in [5.41, 5.74) is 2.83. The SMILES string of the molecule is CC(C)Oc1ccc(CNC2CCCc3sccc32)cc1. The first kappa shape index (κ1) is 14.6. The standard InChI is InChI=1S/C18H23NOS/c1-13(2)20-15-8-6-14(7-9-15)12-19-17-4-3-5-18-16(17)10-11-21-18/h6-11,13,17,19H,3-5,12H2,1-2H3. The van der Waals surface area contributed by atoms with Crippen LogP contribution in [0.25, 0.3) is 0 Å². The minimum atomic E-state index is 0.230. The molecule has 0 amide bonds. The first-order valence-corrected chi connectivity index (χ1v) is 8.65. The third kappa shape index (κ3) is 3.66. The van der Waals surface area contributed by atoms with E-state index in [-0.39, 0.29) is 6.10 Å². The van der Waals surface area contributed by atoms with Crippen LogP contribution in [-0.2, 0) is 13.0 Å². The van der Waals surface area contributed by atoms with E-state index in [0.717, 1.165) is 12.3 Å². The van der Waals surface area contributed by atoms with Crippen molar-refractivity contribution in [3.8, 4) is 5.75 Å². The molecule has 1 aromatic heterocycles. The fourth-order valence-corrected chi connectivity index (χ4v) is 3.89. The molecule has 21 heavy (non-hydrogen) atoms. The summed E-state index contributed by atoms with van der Waals surface area (Å²) in [6, 6.07) is 11.2. The molecule has 1 aliphatic rings. The van der Waals surface area contributed by atoms with E-state index in [1.165, 1.54) is 30.4 Å². The molecule has 0 aliphatic heterocycles. The van der Waals surface area contributed by atoms with Crippen LogP contribution in [0.1, 0.15) is 48.7 Å². The Balaban J connectivity index is 1.59. The number of hydrogen-bond acceptors (Lipinski definition) is 3. The number of ether oxygens (including phenoxy) is 1. The molecule has 2 aromatic rings. The molecular weight excluding hydrogens is 278 g/mol. The van der Waals surface area contributed by atoms with Gasteiger partial charge < -0.3 is 10.1 Å².